The smallest absolute Gasteiger partial charge is 0.242 e. The van der Waals surface area contributed by atoms with Crippen molar-refractivity contribution in [3.05, 3.63) is 57.5 Å². The van der Waals surface area contributed by atoms with Crippen LogP contribution in [0.3, 0.4) is 0 Å². The Morgan fingerprint density at radius 3 is 2.41 bits per heavy atom. The van der Waals surface area contributed by atoms with E-state index >= 15 is 0 Å². The standard InChI is InChI=1S/C21H26ClFN2O3S/c1-16-8-11-29-19(16)14-25(13-17-4-6-18(23)7-5-17)21(27)15-24(20(26)12-22)9-3-10-28-2/h4-8,11H,3,9-10,12-15H2,1-2H3. The summed E-state index contributed by atoms with van der Waals surface area (Å²) in [6.07, 6.45) is 0.619. The fourth-order valence-electron chi connectivity index (χ4n) is 2.82. The zero-order valence-corrected chi connectivity index (χ0v) is 18.3. The van der Waals surface area contributed by atoms with Gasteiger partial charge in [-0.15, -0.1) is 22.9 Å². The van der Waals surface area contributed by atoms with Crippen molar-refractivity contribution in [3.8, 4) is 0 Å². The summed E-state index contributed by atoms with van der Waals surface area (Å²) in [5.74, 6) is -0.969. The number of amides is 2. The molecule has 0 unspecified atom stereocenters. The molecule has 0 aliphatic carbocycles. The first-order valence-electron chi connectivity index (χ1n) is 9.32. The molecule has 0 aliphatic rings. The molecular weight excluding hydrogens is 415 g/mol. The zero-order chi connectivity index (χ0) is 21.2. The van der Waals surface area contributed by atoms with Gasteiger partial charge in [-0.3, -0.25) is 9.59 Å². The van der Waals surface area contributed by atoms with Gasteiger partial charge < -0.3 is 14.5 Å². The lowest BCUT2D eigenvalue weighted by molar-refractivity contribution is -0.140. The molecule has 5 nitrogen and oxygen atoms in total. The molecule has 2 amide bonds. The molecule has 0 radical (unpaired) electrons. The van der Waals surface area contributed by atoms with Gasteiger partial charge in [0.2, 0.25) is 11.8 Å². The Balaban J connectivity index is 2.15. The number of ether oxygens (including phenoxy) is 1. The predicted octanol–water partition coefficient (Wildman–Crippen LogP) is 3.83. The Labute approximate surface area is 180 Å². The van der Waals surface area contributed by atoms with Crippen LogP contribution in [0.1, 0.15) is 22.4 Å². The molecule has 29 heavy (non-hydrogen) atoms. The molecule has 158 valence electrons. The van der Waals surface area contributed by atoms with Crippen molar-refractivity contribution >= 4 is 34.8 Å². The Bertz CT molecular complexity index is 797. The van der Waals surface area contributed by atoms with Crippen LogP contribution in [0.2, 0.25) is 0 Å². The Hall–Kier alpha value is -1.96. The summed E-state index contributed by atoms with van der Waals surface area (Å²) in [5.41, 5.74) is 1.93. The molecule has 8 heteroatoms. The highest BCUT2D eigenvalue weighted by Gasteiger charge is 2.22. The third kappa shape index (κ3) is 7.42. The highest BCUT2D eigenvalue weighted by Crippen LogP contribution is 2.20. The molecule has 0 N–H and O–H groups in total. The van der Waals surface area contributed by atoms with Gasteiger partial charge in [-0.1, -0.05) is 12.1 Å². The molecule has 2 aromatic rings. The van der Waals surface area contributed by atoms with Gasteiger partial charge in [-0.2, -0.15) is 0 Å². The van der Waals surface area contributed by atoms with Crippen molar-refractivity contribution in [3.63, 3.8) is 0 Å². The van der Waals surface area contributed by atoms with Crippen LogP contribution in [-0.2, 0) is 27.4 Å². The van der Waals surface area contributed by atoms with Crippen LogP contribution >= 0.6 is 22.9 Å². The van der Waals surface area contributed by atoms with E-state index in [0.29, 0.717) is 32.7 Å². The molecule has 0 atom stereocenters. The monoisotopic (exact) mass is 440 g/mol. The topological polar surface area (TPSA) is 49.9 Å². The number of thiophene rings is 1. The van der Waals surface area contributed by atoms with Crippen molar-refractivity contribution in [1.29, 1.82) is 0 Å². The molecule has 0 saturated carbocycles. The average Bonchev–Trinajstić information content (AvgIpc) is 3.12. The molecular formula is C21H26ClFN2O3S. The summed E-state index contributed by atoms with van der Waals surface area (Å²) in [6, 6.07) is 8.09. The lowest BCUT2D eigenvalue weighted by Gasteiger charge is -2.27. The summed E-state index contributed by atoms with van der Waals surface area (Å²) < 4.78 is 18.3. The molecule has 1 aromatic carbocycles. The van der Waals surface area contributed by atoms with E-state index in [9.17, 15) is 14.0 Å². The minimum atomic E-state index is -0.322. The molecule has 0 spiro atoms. The largest absolute Gasteiger partial charge is 0.385 e. The molecule has 1 heterocycles. The van der Waals surface area contributed by atoms with E-state index in [1.165, 1.54) is 17.0 Å². The number of carbonyl (C=O) groups is 2. The zero-order valence-electron chi connectivity index (χ0n) is 16.7. The maximum absolute atomic E-state index is 13.2. The third-order valence-electron chi connectivity index (χ3n) is 4.51. The Morgan fingerprint density at radius 2 is 1.83 bits per heavy atom. The van der Waals surface area contributed by atoms with Crippen LogP contribution in [0, 0.1) is 12.7 Å². The second-order valence-electron chi connectivity index (χ2n) is 6.70. The number of aryl methyl sites for hydroxylation is 1. The molecule has 1 aromatic heterocycles. The lowest BCUT2D eigenvalue weighted by atomic mass is 10.2. The van der Waals surface area contributed by atoms with Crippen LogP contribution in [0.5, 0.6) is 0 Å². The number of carbonyl (C=O) groups excluding carboxylic acids is 2. The summed E-state index contributed by atoms with van der Waals surface area (Å²) in [6.45, 7) is 3.60. The minimum Gasteiger partial charge on any atom is -0.385 e. The molecule has 0 bridgehead atoms. The number of hydrogen-bond donors (Lipinski definition) is 0. The lowest BCUT2D eigenvalue weighted by Crippen LogP contribution is -2.43. The van der Waals surface area contributed by atoms with E-state index in [1.54, 1.807) is 35.5 Å². The molecule has 0 fully saturated rings. The van der Waals surface area contributed by atoms with Crippen molar-refractivity contribution in [2.24, 2.45) is 0 Å². The molecule has 0 saturated heterocycles. The van der Waals surface area contributed by atoms with E-state index < -0.39 is 0 Å². The van der Waals surface area contributed by atoms with Crippen molar-refractivity contribution in [2.75, 3.05) is 32.7 Å². The quantitative estimate of drug-likeness (QED) is 0.394. The SMILES string of the molecule is COCCCN(CC(=O)N(Cc1ccc(F)cc1)Cc1sccc1C)C(=O)CCl. The minimum absolute atomic E-state index is 0.0547. The van der Waals surface area contributed by atoms with Crippen LogP contribution < -0.4 is 0 Å². The van der Waals surface area contributed by atoms with Crippen molar-refractivity contribution < 1.29 is 18.7 Å². The van der Waals surface area contributed by atoms with Gasteiger partial charge >= 0.3 is 0 Å². The van der Waals surface area contributed by atoms with E-state index in [1.807, 2.05) is 18.4 Å². The second-order valence-corrected chi connectivity index (χ2v) is 7.97. The van der Waals surface area contributed by atoms with E-state index in [0.717, 1.165) is 16.0 Å². The van der Waals surface area contributed by atoms with Crippen LogP contribution in [0.4, 0.5) is 4.39 Å². The highest BCUT2D eigenvalue weighted by atomic mass is 35.5. The fraction of sp³-hybridized carbons (Fsp3) is 0.429. The van der Waals surface area contributed by atoms with Gasteiger partial charge in [-0.05, 0) is 48.1 Å². The maximum Gasteiger partial charge on any atom is 0.242 e. The van der Waals surface area contributed by atoms with Crippen LogP contribution in [0.15, 0.2) is 35.7 Å². The van der Waals surface area contributed by atoms with Crippen molar-refractivity contribution in [2.45, 2.75) is 26.4 Å². The van der Waals surface area contributed by atoms with Crippen molar-refractivity contribution in [1.82, 2.24) is 9.80 Å². The van der Waals surface area contributed by atoms with E-state index in [2.05, 4.69) is 0 Å². The Morgan fingerprint density at radius 1 is 1.10 bits per heavy atom. The van der Waals surface area contributed by atoms with E-state index in [-0.39, 0.29) is 30.1 Å². The van der Waals surface area contributed by atoms with Gasteiger partial charge in [0.1, 0.15) is 11.7 Å². The summed E-state index contributed by atoms with van der Waals surface area (Å²) in [4.78, 5) is 29.5. The summed E-state index contributed by atoms with van der Waals surface area (Å²) in [7, 11) is 1.59. The normalized spacial score (nSPS) is 10.8. The highest BCUT2D eigenvalue weighted by molar-refractivity contribution is 7.10. The number of rotatable bonds is 11. The first-order chi connectivity index (χ1) is 13.9. The van der Waals surface area contributed by atoms with Crippen LogP contribution in [-0.4, -0.2) is 54.3 Å². The number of benzene rings is 1. The first kappa shape index (κ1) is 23.3. The number of alkyl halides is 1. The van der Waals surface area contributed by atoms with Gasteiger partial charge in [0.25, 0.3) is 0 Å². The van der Waals surface area contributed by atoms with Gasteiger partial charge in [0.15, 0.2) is 0 Å². The van der Waals surface area contributed by atoms with Gasteiger partial charge in [0.05, 0.1) is 13.1 Å². The number of nitrogens with zero attached hydrogens (tertiary/aromatic N) is 2. The number of hydrogen-bond acceptors (Lipinski definition) is 4. The third-order valence-corrected chi connectivity index (χ3v) is 5.75. The fourth-order valence-corrected chi connectivity index (χ4v) is 3.91. The van der Waals surface area contributed by atoms with Gasteiger partial charge in [0, 0.05) is 31.7 Å². The van der Waals surface area contributed by atoms with Gasteiger partial charge in [-0.25, -0.2) is 4.39 Å². The predicted molar refractivity (Wildman–Crippen MR) is 114 cm³/mol. The molecule has 0 aliphatic heterocycles. The second kappa shape index (κ2) is 11.9. The summed E-state index contributed by atoms with van der Waals surface area (Å²) >= 11 is 7.30. The average molecular weight is 441 g/mol. The van der Waals surface area contributed by atoms with Crippen LogP contribution in [0.25, 0.3) is 0 Å². The number of halogens is 2. The molecule has 2 rings (SSSR count). The first-order valence-corrected chi connectivity index (χ1v) is 10.7. The maximum atomic E-state index is 13.2. The Kier molecular flexibility index (Phi) is 9.57. The number of methoxy groups -OCH3 is 1. The summed E-state index contributed by atoms with van der Waals surface area (Å²) in [5, 5.41) is 1.99. The van der Waals surface area contributed by atoms with E-state index in [4.69, 9.17) is 16.3 Å².